The minimum absolute atomic E-state index is 0.0883. The summed E-state index contributed by atoms with van der Waals surface area (Å²) in [5.41, 5.74) is 0.575. The van der Waals surface area contributed by atoms with Crippen LogP contribution in [0.5, 0.6) is 17.2 Å². The monoisotopic (exact) mass is 371 g/mol. The van der Waals surface area contributed by atoms with Gasteiger partial charge in [0.15, 0.2) is 0 Å². The first-order valence-corrected chi connectivity index (χ1v) is 8.62. The summed E-state index contributed by atoms with van der Waals surface area (Å²) in [5.74, 6) is 1.30. The molecule has 0 N–H and O–H groups in total. The molecule has 2 aromatic carbocycles. The third kappa shape index (κ3) is 4.91. The highest BCUT2D eigenvalue weighted by atomic mass is 16.6. The number of esters is 1. The number of hydrogen-bond acceptors (Lipinski definition) is 6. The van der Waals surface area contributed by atoms with E-state index in [1.165, 1.54) is 4.90 Å². The van der Waals surface area contributed by atoms with Crippen LogP contribution in [0.3, 0.4) is 0 Å². The lowest BCUT2D eigenvalue weighted by molar-refractivity contribution is -0.143. The van der Waals surface area contributed by atoms with Crippen molar-refractivity contribution in [1.29, 1.82) is 0 Å². The van der Waals surface area contributed by atoms with Gasteiger partial charge in [-0.1, -0.05) is 12.1 Å². The van der Waals surface area contributed by atoms with Crippen molar-refractivity contribution in [2.45, 2.75) is 6.42 Å². The van der Waals surface area contributed by atoms with Crippen LogP contribution in [0.4, 0.5) is 5.69 Å². The van der Waals surface area contributed by atoms with Gasteiger partial charge in [-0.2, -0.15) is 0 Å². The predicted octanol–water partition coefficient (Wildman–Crippen LogP) is 2.43. The lowest BCUT2D eigenvalue weighted by Crippen LogP contribution is -2.36. The number of nitrogens with zero attached hydrogens (tertiary/aromatic N) is 1. The van der Waals surface area contributed by atoms with Gasteiger partial charge < -0.3 is 18.9 Å². The van der Waals surface area contributed by atoms with Crippen LogP contribution >= 0.6 is 0 Å². The van der Waals surface area contributed by atoms with E-state index in [1.807, 2.05) is 6.07 Å². The Hall–Kier alpha value is -3.22. The van der Waals surface area contributed by atoms with E-state index in [9.17, 15) is 9.59 Å². The van der Waals surface area contributed by atoms with Gasteiger partial charge in [0.25, 0.3) is 0 Å². The molecule has 7 heteroatoms. The first-order valence-electron chi connectivity index (χ1n) is 8.62. The number of rotatable bonds is 7. The molecule has 0 fully saturated rings. The number of para-hydroxylation sites is 2. The second kappa shape index (κ2) is 8.93. The Bertz CT molecular complexity index is 789. The van der Waals surface area contributed by atoms with Gasteiger partial charge >= 0.3 is 5.97 Å². The molecule has 7 nitrogen and oxygen atoms in total. The Kier molecular flexibility index (Phi) is 6.14. The lowest BCUT2D eigenvalue weighted by atomic mass is 10.2. The average Bonchev–Trinajstić information content (AvgIpc) is 2.85. The molecule has 142 valence electrons. The van der Waals surface area contributed by atoms with Crippen LogP contribution in [0, 0.1) is 0 Å². The molecule has 1 aliphatic rings. The van der Waals surface area contributed by atoms with E-state index >= 15 is 0 Å². The van der Waals surface area contributed by atoms with Gasteiger partial charge in [-0.3, -0.25) is 14.5 Å². The Balaban J connectivity index is 1.49. The standard InChI is InChI=1S/C20H21NO6/c1-24-15-6-8-16(9-7-15)25-12-13-27-20(23)14-21-17-4-2-3-5-18(17)26-11-10-19(21)22/h2-9H,10-14H2,1H3. The molecule has 0 spiro atoms. The number of carbonyl (C=O) groups excluding carboxylic acids is 2. The fourth-order valence-electron chi connectivity index (χ4n) is 2.65. The third-order valence-corrected chi connectivity index (χ3v) is 3.99. The van der Waals surface area contributed by atoms with Crippen LogP contribution in [0.2, 0.25) is 0 Å². The van der Waals surface area contributed by atoms with Crippen molar-refractivity contribution in [2.24, 2.45) is 0 Å². The molecule has 0 aromatic heterocycles. The molecule has 1 amide bonds. The van der Waals surface area contributed by atoms with Gasteiger partial charge in [-0.25, -0.2) is 0 Å². The number of fused-ring (bicyclic) bond motifs is 1. The molecular weight excluding hydrogens is 350 g/mol. The summed E-state index contributed by atoms with van der Waals surface area (Å²) in [4.78, 5) is 25.8. The number of methoxy groups -OCH3 is 1. The van der Waals surface area contributed by atoms with Gasteiger partial charge in [0.1, 0.15) is 37.0 Å². The molecule has 1 aliphatic heterocycles. The van der Waals surface area contributed by atoms with E-state index in [0.29, 0.717) is 17.2 Å². The molecule has 0 radical (unpaired) electrons. The maximum absolute atomic E-state index is 12.3. The molecule has 0 unspecified atom stereocenters. The highest BCUT2D eigenvalue weighted by molar-refractivity contribution is 5.99. The molecule has 0 saturated carbocycles. The Labute approximate surface area is 157 Å². The summed E-state index contributed by atoms with van der Waals surface area (Å²) in [5, 5.41) is 0. The summed E-state index contributed by atoms with van der Waals surface area (Å²) >= 11 is 0. The maximum Gasteiger partial charge on any atom is 0.326 e. The quantitative estimate of drug-likeness (QED) is 0.550. The highest BCUT2D eigenvalue weighted by Crippen LogP contribution is 2.30. The van der Waals surface area contributed by atoms with Crippen LogP contribution in [-0.2, 0) is 14.3 Å². The maximum atomic E-state index is 12.3. The second-order valence-electron chi connectivity index (χ2n) is 5.79. The van der Waals surface area contributed by atoms with Crippen molar-refractivity contribution >= 4 is 17.6 Å². The molecule has 0 atom stereocenters. The van der Waals surface area contributed by atoms with Crippen molar-refractivity contribution in [2.75, 3.05) is 38.4 Å². The van der Waals surface area contributed by atoms with Gasteiger partial charge in [0.05, 0.1) is 25.8 Å². The molecule has 2 aromatic rings. The Morgan fingerprint density at radius 2 is 1.81 bits per heavy atom. The van der Waals surface area contributed by atoms with Crippen molar-refractivity contribution in [3.63, 3.8) is 0 Å². The number of ether oxygens (including phenoxy) is 4. The fourth-order valence-corrected chi connectivity index (χ4v) is 2.65. The Morgan fingerprint density at radius 3 is 2.59 bits per heavy atom. The van der Waals surface area contributed by atoms with Gasteiger partial charge in [-0.15, -0.1) is 0 Å². The zero-order chi connectivity index (χ0) is 19.1. The van der Waals surface area contributed by atoms with E-state index in [4.69, 9.17) is 18.9 Å². The van der Waals surface area contributed by atoms with E-state index in [0.717, 1.165) is 5.75 Å². The van der Waals surface area contributed by atoms with E-state index < -0.39 is 5.97 Å². The first-order chi connectivity index (χ1) is 13.2. The minimum atomic E-state index is -0.501. The summed E-state index contributed by atoms with van der Waals surface area (Å²) < 4.78 is 21.3. The van der Waals surface area contributed by atoms with Crippen molar-refractivity contribution < 1.29 is 28.5 Å². The van der Waals surface area contributed by atoms with Gasteiger partial charge in [-0.05, 0) is 36.4 Å². The molecule has 27 heavy (non-hydrogen) atoms. The summed E-state index contributed by atoms with van der Waals surface area (Å²) in [7, 11) is 1.59. The number of benzene rings is 2. The van der Waals surface area contributed by atoms with E-state index in [1.54, 1.807) is 49.6 Å². The number of carbonyl (C=O) groups is 2. The smallest absolute Gasteiger partial charge is 0.326 e. The molecule has 0 saturated heterocycles. The average molecular weight is 371 g/mol. The lowest BCUT2D eigenvalue weighted by Gasteiger charge is -2.20. The predicted molar refractivity (Wildman–Crippen MR) is 98.4 cm³/mol. The topological polar surface area (TPSA) is 74.3 Å². The summed E-state index contributed by atoms with van der Waals surface area (Å²) in [6.07, 6.45) is 0.211. The van der Waals surface area contributed by atoms with Crippen LogP contribution < -0.4 is 19.1 Å². The molecule has 0 aliphatic carbocycles. The van der Waals surface area contributed by atoms with E-state index in [2.05, 4.69) is 0 Å². The molecule has 0 bridgehead atoms. The zero-order valence-corrected chi connectivity index (χ0v) is 15.1. The summed E-state index contributed by atoms with van der Waals surface area (Å²) in [6.45, 7) is 0.426. The fraction of sp³-hybridized carbons (Fsp3) is 0.300. The highest BCUT2D eigenvalue weighted by Gasteiger charge is 2.25. The van der Waals surface area contributed by atoms with Crippen molar-refractivity contribution in [3.05, 3.63) is 48.5 Å². The summed E-state index contributed by atoms with van der Waals surface area (Å²) in [6, 6.07) is 14.2. The molecule has 1 heterocycles. The van der Waals surface area contributed by atoms with Crippen molar-refractivity contribution in [3.8, 4) is 17.2 Å². The largest absolute Gasteiger partial charge is 0.497 e. The normalized spacial score (nSPS) is 13.2. The third-order valence-electron chi connectivity index (χ3n) is 3.99. The number of amides is 1. The van der Waals surface area contributed by atoms with Crippen LogP contribution in [0.1, 0.15) is 6.42 Å². The number of hydrogen-bond donors (Lipinski definition) is 0. The minimum Gasteiger partial charge on any atom is -0.497 e. The zero-order valence-electron chi connectivity index (χ0n) is 15.1. The van der Waals surface area contributed by atoms with Crippen LogP contribution in [-0.4, -0.2) is 45.4 Å². The van der Waals surface area contributed by atoms with Crippen LogP contribution in [0.15, 0.2) is 48.5 Å². The second-order valence-corrected chi connectivity index (χ2v) is 5.79. The molecular formula is C20H21NO6. The SMILES string of the molecule is COc1ccc(OCCOC(=O)CN2C(=O)CCOc3ccccc32)cc1. The van der Waals surface area contributed by atoms with Gasteiger partial charge in [0, 0.05) is 0 Å². The van der Waals surface area contributed by atoms with E-state index in [-0.39, 0.29) is 38.7 Å². The van der Waals surface area contributed by atoms with Gasteiger partial charge in [0.2, 0.25) is 5.91 Å². The first kappa shape index (κ1) is 18.6. The van der Waals surface area contributed by atoms with Crippen molar-refractivity contribution in [1.82, 2.24) is 0 Å². The molecule has 3 rings (SSSR count). The number of anilines is 1. The Morgan fingerprint density at radius 1 is 1.07 bits per heavy atom. The van der Waals surface area contributed by atoms with Crippen LogP contribution in [0.25, 0.3) is 0 Å².